The topological polar surface area (TPSA) is 70.1 Å². The number of carbonyl (C=O) groups excluding carboxylic acids is 2. The van der Waals surface area contributed by atoms with E-state index in [1.54, 1.807) is 21.6 Å². The molecule has 3 fully saturated rings. The zero-order valence-electron chi connectivity index (χ0n) is 12.4. The van der Waals surface area contributed by atoms with Gasteiger partial charge in [0.05, 0.1) is 30.2 Å². The summed E-state index contributed by atoms with van der Waals surface area (Å²) in [6.07, 6.45) is 1.03. The molecule has 0 radical (unpaired) electrons. The van der Waals surface area contributed by atoms with Crippen LogP contribution in [0.25, 0.3) is 0 Å². The van der Waals surface area contributed by atoms with Gasteiger partial charge in [0, 0.05) is 18.7 Å². The molecule has 6 nitrogen and oxygen atoms in total. The van der Waals surface area contributed by atoms with E-state index in [1.807, 2.05) is 6.92 Å². The summed E-state index contributed by atoms with van der Waals surface area (Å²) in [7, 11) is 0. The Labute approximate surface area is 128 Å². The molecular weight excluding hydrogens is 292 g/mol. The zero-order chi connectivity index (χ0) is 15.2. The molecule has 0 aromatic carbocycles. The summed E-state index contributed by atoms with van der Waals surface area (Å²) in [4.78, 5) is 28.4. The van der Waals surface area contributed by atoms with Gasteiger partial charge in [0.1, 0.15) is 6.04 Å². The highest BCUT2D eigenvalue weighted by molar-refractivity contribution is 8.01. The molecule has 2 amide bonds. The summed E-state index contributed by atoms with van der Waals surface area (Å²) in [5.74, 6) is 0.741. The van der Waals surface area contributed by atoms with Crippen molar-refractivity contribution in [3.8, 4) is 0 Å². The Hall–Kier alpha value is -0.790. The summed E-state index contributed by atoms with van der Waals surface area (Å²) in [6.45, 7) is 4.74. The molecule has 0 aromatic rings. The Morgan fingerprint density at radius 3 is 3.05 bits per heavy atom. The van der Waals surface area contributed by atoms with E-state index in [2.05, 4.69) is 6.92 Å². The van der Waals surface area contributed by atoms with Crippen LogP contribution in [0, 0.1) is 0 Å². The molecule has 4 atom stereocenters. The SMILES string of the molecule is CC1COC(CO)CN1C(=O)C1CSC2(C)CCC(=O)N12. The highest BCUT2D eigenvalue weighted by Gasteiger charge is 2.54. The van der Waals surface area contributed by atoms with Crippen LogP contribution < -0.4 is 0 Å². The van der Waals surface area contributed by atoms with Gasteiger partial charge in [-0.2, -0.15) is 0 Å². The van der Waals surface area contributed by atoms with Gasteiger partial charge in [0.25, 0.3) is 0 Å². The van der Waals surface area contributed by atoms with Crippen molar-refractivity contribution in [2.24, 2.45) is 0 Å². The number of amides is 2. The van der Waals surface area contributed by atoms with Crippen LogP contribution in [-0.4, -0.2) is 75.3 Å². The van der Waals surface area contributed by atoms with Gasteiger partial charge in [-0.3, -0.25) is 9.59 Å². The number of rotatable bonds is 2. The third kappa shape index (κ3) is 2.45. The molecule has 3 aliphatic heterocycles. The Balaban J connectivity index is 1.77. The number of morpholine rings is 1. The molecule has 21 heavy (non-hydrogen) atoms. The number of fused-ring (bicyclic) bond motifs is 1. The van der Waals surface area contributed by atoms with E-state index < -0.39 is 0 Å². The van der Waals surface area contributed by atoms with E-state index in [0.717, 1.165) is 6.42 Å². The molecule has 3 aliphatic rings. The number of ether oxygens (including phenoxy) is 1. The van der Waals surface area contributed by atoms with Crippen LogP contribution >= 0.6 is 11.8 Å². The summed E-state index contributed by atoms with van der Waals surface area (Å²) in [5.41, 5.74) is 0. The molecule has 0 bridgehead atoms. The molecule has 0 aromatic heterocycles. The van der Waals surface area contributed by atoms with E-state index in [9.17, 15) is 14.7 Å². The minimum absolute atomic E-state index is 0.00396. The fourth-order valence-electron chi connectivity index (χ4n) is 3.43. The van der Waals surface area contributed by atoms with Crippen molar-refractivity contribution < 1.29 is 19.4 Å². The van der Waals surface area contributed by atoms with Gasteiger partial charge in [-0.25, -0.2) is 0 Å². The molecule has 3 saturated heterocycles. The normalized spacial score (nSPS) is 39.8. The number of aliphatic hydroxyl groups excluding tert-OH is 1. The van der Waals surface area contributed by atoms with Crippen LogP contribution in [0.2, 0.25) is 0 Å². The van der Waals surface area contributed by atoms with Gasteiger partial charge < -0.3 is 19.6 Å². The average Bonchev–Trinajstić information content (AvgIpc) is 2.96. The van der Waals surface area contributed by atoms with Crippen LogP contribution in [0.15, 0.2) is 0 Å². The van der Waals surface area contributed by atoms with Crippen LogP contribution in [0.5, 0.6) is 0 Å². The highest BCUT2D eigenvalue weighted by atomic mass is 32.2. The van der Waals surface area contributed by atoms with Crippen molar-refractivity contribution in [3.63, 3.8) is 0 Å². The second kappa shape index (κ2) is 5.44. The van der Waals surface area contributed by atoms with Crippen molar-refractivity contribution in [2.45, 2.75) is 49.7 Å². The van der Waals surface area contributed by atoms with Crippen molar-refractivity contribution >= 4 is 23.6 Å². The quantitative estimate of drug-likeness (QED) is 0.780. The smallest absolute Gasteiger partial charge is 0.246 e. The molecule has 118 valence electrons. The molecule has 3 rings (SSSR count). The first-order chi connectivity index (χ1) is 9.96. The number of hydrogen-bond acceptors (Lipinski definition) is 5. The maximum atomic E-state index is 12.9. The molecule has 4 unspecified atom stereocenters. The Kier molecular flexibility index (Phi) is 3.92. The number of carbonyl (C=O) groups is 2. The van der Waals surface area contributed by atoms with Gasteiger partial charge in [-0.05, 0) is 20.3 Å². The van der Waals surface area contributed by atoms with Gasteiger partial charge in [0.2, 0.25) is 11.8 Å². The van der Waals surface area contributed by atoms with Gasteiger partial charge in [-0.15, -0.1) is 11.8 Å². The molecule has 7 heteroatoms. The van der Waals surface area contributed by atoms with E-state index in [1.165, 1.54) is 0 Å². The lowest BCUT2D eigenvalue weighted by molar-refractivity contribution is -0.154. The van der Waals surface area contributed by atoms with Crippen molar-refractivity contribution in [1.82, 2.24) is 9.80 Å². The van der Waals surface area contributed by atoms with E-state index in [-0.39, 0.29) is 41.5 Å². The van der Waals surface area contributed by atoms with Crippen LogP contribution in [0.3, 0.4) is 0 Å². The van der Waals surface area contributed by atoms with Crippen molar-refractivity contribution in [2.75, 3.05) is 25.5 Å². The fraction of sp³-hybridized carbons (Fsp3) is 0.857. The molecule has 1 N–H and O–H groups in total. The third-order valence-electron chi connectivity index (χ3n) is 4.72. The molecule has 0 saturated carbocycles. The Morgan fingerprint density at radius 1 is 1.57 bits per heavy atom. The molecule has 3 heterocycles. The molecule has 0 aliphatic carbocycles. The average molecular weight is 314 g/mol. The Morgan fingerprint density at radius 2 is 2.33 bits per heavy atom. The maximum Gasteiger partial charge on any atom is 0.246 e. The summed E-state index contributed by atoms with van der Waals surface area (Å²) < 4.78 is 5.48. The van der Waals surface area contributed by atoms with Gasteiger partial charge >= 0.3 is 0 Å². The number of aliphatic hydroxyl groups is 1. The molecule has 0 spiro atoms. The van der Waals surface area contributed by atoms with Crippen LogP contribution in [0.4, 0.5) is 0 Å². The summed E-state index contributed by atoms with van der Waals surface area (Å²) >= 11 is 1.70. The summed E-state index contributed by atoms with van der Waals surface area (Å²) in [6, 6.07) is -0.384. The lowest BCUT2D eigenvalue weighted by atomic mass is 10.1. The zero-order valence-corrected chi connectivity index (χ0v) is 13.3. The number of hydrogen-bond donors (Lipinski definition) is 1. The van der Waals surface area contributed by atoms with Gasteiger partial charge in [-0.1, -0.05) is 0 Å². The van der Waals surface area contributed by atoms with E-state index in [0.29, 0.717) is 25.3 Å². The first kappa shape index (κ1) is 15.1. The summed E-state index contributed by atoms with van der Waals surface area (Å²) in [5, 5.41) is 9.24. The first-order valence-electron chi connectivity index (χ1n) is 7.45. The maximum absolute atomic E-state index is 12.9. The highest BCUT2D eigenvalue weighted by Crippen LogP contribution is 2.47. The fourth-order valence-corrected chi connectivity index (χ4v) is 4.85. The standard InChI is InChI=1S/C14H22N2O4S/c1-9-7-20-10(6-17)5-15(9)13(19)11-8-21-14(2)4-3-12(18)16(11)14/h9-11,17H,3-8H2,1-2H3. The van der Waals surface area contributed by atoms with Crippen LogP contribution in [-0.2, 0) is 14.3 Å². The third-order valence-corrected chi connectivity index (χ3v) is 6.23. The molecular formula is C14H22N2O4S. The first-order valence-corrected chi connectivity index (χ1v) is 8.44. The monoisotopic (exact) mass is 314 g/mol. The Bertz CT molecular complexity index is 460. The second-order valence-electron chi connectivity index (χ2n) is 6.24. The predicted molar refractivity (Wildman–Crippen MR) is 78.7 cm³/mol. The number of nitrogens with zero attached hydrogens (tertiary/aromatic N) is 2. The lowest BCUT2D eigenvalue weighted by Gasteiger charge is -2.40. The van der Waals surface area contributed by atoms with Crippen molar-refractivity contribution in [3.05, 3.63) is 0 Å². The van der Waals surface area contributed by atoms with E-state index >= 15 is 0 Å². The number of thioether (sulfide) groups is 1. The lowest BCUT2D eigenvalue weighted by Crippen LogP contribution is -2.58. The largest absolute Gasteiger partial charge is 0.394 e. The predicted octanol–water partition coefficient (Wildman–Crippen LogP) is 0.0486. The van der Waals surface area contributed by atoms with Gasteiger partial charge in [0.15, 0.2) is 0 Å². The minimum Gasteiger partial charge on any atom is -0.394 e. The van der Waals surface area contributed by atoms with Crippen LogP contribution in [0.1, 0.15) is 26.7 Å². The van der Waals surface area contributed by atoms with Crippen molar-refractivity contribution in [1.29, 1.82) is 0 Å². The minimum atomic E-state index is -0.366. The second-order valence-corrected chi connectivity index (χ2v) is 7.74. The van der Waals surface area contributed by atoms with E-state index in [4.69, 9.17) is 4.74 Å².